The number of ether oxygens (including phenoxy) is 2. The second-order valence-electron chi connectivity index (χ2n) is 8.34. The summed E-state index contributed by atoms with van der Waals surface area (Å²) in [6, 6.07) is 19.8. The van der Waals surface area contributed by atoms with E-state index in [9.17, 15) is 9.59 Å². The van der Waals surface area contributed by atoms with E-state index < -0.39 is 31.1 Å². The fourth-order valence-corrected chi connectivity index (χ4v) is 6.71. The van der Waals surface area contributed by atoms with Crippen LogP contribution < -0.4 is 5.19 Å². The number of esters is 2. The van der Waals surface area contributed by atoms with E-state index in [1.165, 1.54) is 5.19 Å². The van der Waals surface area contributed by atoms with Gasteiger partial charge in [0.1, 0.15) is 14.7 Å². The Hall–Kier alpha value is -2.40. The van der Waals surface area contributed by atoms with Crippen molar-refractivity contribution in [3.8, 4) is 0 Å². The van der Waals surface area contributed by atoms with Gasteiger partial charge in [0.2, 0.25) is 6.10 Å². The van der Waals surface area contributed by atoms with Crippen LogP contribution in [0, 0.1) is 5.41 Å². The maximum atomic E-state index is 13.4. The number of carbonyl (C=O) groups excluding carboxylic acids is 2. The molecule has 0 radical (unpaired) electrons. The van der Waals surface area contributed by atoms with Crippen LogP contribution in [-0.2, 0) is 19.1 Å². The van der Waals surface area contributed by atoms with Gasteiger partial charge in [-0.05, 0) is 5.56 Å². The van der Waals surface area contributed by atoms with Gasteiger partial charge in [-0.25, -0.2) is 4.79 Å². The molecular weight excluding hydrogens is 356 g/mol. The fraction of sp³-hybridized carbons (Fsp3) is 0.364. The Kier molecular flexibility index (Phi) is 5.24. The van der Waals surface area contributed by atoms with Crippen molar-refractivity contribution in [2.45, 2.75) is 38.6 Å². The van der Waals surface area contributed by atoms with E-state index in [0.717, 1.165) is 5.56 Å². The van der Waals surface area contributed by atoms with Crippen LogP contribution in [0.5, 0.6) is 0 Å². The number of carbonyl (C=O) groups is 2. The Morgan fingerprint density at radius 3 is 2.15 bits per heavy atom. The van der Waals surface area contributed by atoms with Crippen LogP contribution in [0.4, 0.5) is 0 Å². The normalized spacial score (nSPS) is 20.0. The average Bonchev–Trinajstić information content (AvgIpc) is 2.90. The van der Waals surface area contributed by atoms with Crippen molar-refractivity contribution in [3.63, 3.8) is 0 Å². The molecule has 0 amide bonds. The topological polar surface area (TPSA) is 52.6 Å². The molecule has 1 heterocycles. The molecule has 0 unspecified atom stereocenters. The molecular formula is C22H26O4Si. The SMILES string of the molecule is CC1(C)COC(=O)[C@@H]1OC(=O)[C@H](c1ccccc1)[Si](C)(C)c1ccccc1. The smallest absolute Gasteiger partial charge is 0.348 e. The highest BCUT2D eigenvalue weighted by Gasteiger charge is 2.49. The Morgan fingerprint density at radius 2 is 1.63 bits per heavy atom. The standard InChI is InChI=1S/C22H26O4Si/c1-22(2)15-25-21(24)19(22)26-20(23)18(16-11-7-5-8-12-16)27(3,4)17-13-9-6-10-14-17/h5-14,18-19H,15H2,1-4H3/t18-,19-/m0/s1. The predicted molar refractivity (Wildman–Crippen MR) is 107 cm³/mol. The van der Waals surface area contributed by atoms with E-state index >= 15 is 0 Å². The summed E-state index contributed by atoms with van der Waals surface area (Å²) < 4.78 is 10.9. The molecule has 27 heavy (non-hydrogen) atoms. The molecule has 0 aromatic heterocycles. The summed E-state index contributed by atoms with van der Waals surface area (Å²) in [5, 5.41) is 1.17. The van der Waals surface area contributed by atoms with Gasteiger partial charge in [0.25, 0.3) is 0 Å². The van der Waals surface area contributed by atoms with E-state index in [1.54, 1.807) is 0 Å². The summed E-state index contributed by atoms with van der Waals surface area (Å²) in [5.41, 5.74) is -0.00984. The van der Waals surface area contributed by atoms with Gasteiger partial charge in [0, 0.05) is 5.41 Å². The van der Waals surface area contributed by atoms with Crippen molar-refractivity contribution in [1.29, 1.82) is 0 Å². The second kappa shape index (κ2) is 7.31. The average molecular weight is 383 g/mol. The van der Waals surface area contributed by atoms with E-state index in [1.807, 2.05) is 62.4 Å². The summed E-state index contributed by atoms with van der Waals surface area (Å²) >= 11 is 0. The van der Waals surface area contributed by atoms with Gasteiger partial charge >= 0.3 is 11.9 Å². The van der Waals surface area contributed by atoms with E-state index in [0.29, 0.717) is 0 Å². The van der Waals surface area contributed by atoms with Crippen LogP contribution >= 0.6 is 0 Å². The summed E-state index contributed by atoms with van der Waals surface area (Å²) in [4.78, 5) is 25.5. The minimum atomic E-state index is -2.28. The molecule has 2 atom stereocenters. The third-order valence-electron chi connectivity index (χ3n) is 5.35. The highest BCUT2D eigenvalue weighted by atomic mass is 28.3. The summed E-state index contributed by atoms with van der Waals surface area (Å²) in [5.74, 6) is -0.807. The zero-order chi connectivity index (χ0) is 19.7. The van der Waals surface area contributed by atoms with Crippen LogP contribution in [0.15, 0.2) is 60.7 Å². The van der Waals surface area contributed by atoms with Crippen molar-refractivity contribution < 1.29 is 19.1 Å². The van der Waals surface area contributed by atoms with Crippen molar-refractivity contribution in [1.82, 2.24) is 0 Å². The van der Waals surface area contributed by atoms with Crippen LogP contribution in [0.3, 0.4) is 0 Å². The van der Waals surface area contributed by atoms with Gasteiger partial charge < -0.3 is 9.47 Å². The van der Waals surface area contributed by atoms with Crippen molar-refractivity contribution in [2.24, 2.45) is 5.41 Å². The minimum Gasteiger partial charge on any atom is -0.462 e. The molecule has 2 aromatic rings. The first-order valence-corrected chi connectivity index (χ1v) is 12.3. The predicted octanol–water partition coefficient (Wildman–Crippen LogP) is 3.42. The number of cyclic esters (lactones) is 1. The van der Waals surface area contributed by atoms with Crippen LogP contribution in [0.2, 0.25) is 13.1 Å². The molecule has 1 saturated heterocycles. The lowest BCUT2D eigenvalue weighted by Crippen LogP contribution is -2.52. The molecule has 1 aliphatic heterocycles. The first-order valence-electron chi connectivity index (χ1n) is 9.21. The monoisotopic (exact) mass is 382 g/mol. The van der Waals surface area contributed by atoms with Gasteiger partial charge in [-0.2, -0.15) is 0 Å². The lowest BCUT2D eigenvalue weighted by Gasteiger charge is -2.33. The molecule has 4 nitrogen and oxygen atoms in total. The number of benzene rings is 2. The molecule has 0 spiro atoms. The highest BCUT2D eigenvalue weighted by Crippen LogP contribution is 2.35. The number of rotatable bonds is 5. The molecule has 2 aromatic carbocycles. The molecule has 3 rings (SSSR count). The van der Waals surface area contributed by atoms with Gasteiger partial charge in [0.15, 0.2) is 0 Å². The zero-order valence-electron chi connectivity index (χ0n) is 16.3. The van der Waals surface area contributed by atoms with Crippen LogP contribution in [0.25, 0.3) is 0 Å². The molecule has 1 fully saturated rings. The van der Waals surface area contributed by atoms with E-state index in [-0.39, 0.29) is 12.6 Å². The maximum absolute atomic E-state index is 13.4. The van der Waals surface area contributed by atoms with Gasteiger partial charge in [-0.1, -0.05) is 92.8 Å². The molecule has 0 bridgehead atoms. The largest absolute Gasteiger partial charge is 0.462 e. The van der Waals surface area contributed by atoms with Crippen LogP contribution in [0.1, 0.15) is 25.0 Å². The van der Waals surface area contributed by atoms with E-state index in [4.69, 9.17) is 9.47 Å². The zero-order valence-corrected chi connectivity index (χ0v) is 17.3. The Morgan fingerprint density at radius 1 is 1.07 bits per heavy atom. The Labute approximate surface area is 161 Å². The van der Waals surface area contributed by atoms with Gasteiger partial charge in [-0.15, -0.1) is 0 Å². The molecule has 1 aliphatic rings. The van der Waals surface area contributed by atoms with E-state index in [2.05, 4.69) is 25.2 Å². The quantitative estimate of drug-likeness (QED) is 0.587. The third kappa shape index (κ3) is 3.83. The summed E-state index contributed by atoms with van der Waals surface area (Å²) in [7, 11) is -2.28. The molecule has 0 saturated carbocycles. The highest BCUT2D eigenvalue weighted by molar-refractivity contribution is 6.93. The molecule has 142 valence electrons. The lowest BCUT2D eigenvalue weighted by molar-refractivity contribution is -0.163. The lowest BCUT2D eigenvalue weighted by atomic mass is 9.90. The first-order chi connectivity index (χ1) is 12.7. The molecule has 5 heteroatoms. The summed E-state index contributed by atoms with van der Waals surface area (Å²) in [6.07, 6.45) is -0.864. The maximum Gasteiger partial charge on any atom is 0.348 e. The molecule has 0 N–H and O–H groups in total. The molecule has 0 aliphatic carbocycles. The Balaban J connectivity index is 1.98. The van der Waals surface area contributed by atoms with Crippen molar-refractivity contribution in [3.05, 3.63) is 66.2 Å². The van der Waals surface area contributed by atoms with Crippen molar-refractivity contribution in [2.75, 3.05) is 6.61 Å². The van der Waals surface area contributed by atoms with Gasteiger partial charge in [0.05, 0.1) is 5.54 Å². The third-order valence-corrected chi connectivity index (χ3v) is 9.19. The Bertz CT molecular complexity index is 815. The number of hydrogen-bond acceptors (Lipinski definition) is 4. The second-order valence-corrected chi connectivity index (χ2v) is 12.9. The minimum absolute atomic E-state index is 0.263. The van der Waals surface area contributed by atoms with Gasteiger partial charge in [-0.3, -0.25) is 4.79 Å². The fourth-order valence-electron chi connectivity index (χ4n) is 3.65. The van der Waals surface area contributed by atoms with Crippen molar-refractivity contribution >= 4 is 25.2 Å². The first kappa shape index (κ1) is 19.4. The van der Waals surface area contributed by atoms with Crippen LogP contribution in [-0.4, -0.2) is 32.7 Å². The number of hydrogen-bond donors (Lipinski definition) is 0. The summed E-state index contributed by atoms with van der Waals surface area (Å²) in [6.45, 7) is 8.36.